The van der Waals surface area contributed by atoms with Crippen molar-refractivity contribution in [3.8, 4) is 0 Å². The van der Waals surface area contributed by atoms with Gasteiger partial charge in [0.05, 0.1) is 5.71 Å². The van der Waals surface area contributed by atoms with Crippen molar-refractivity contribution in [2.24, 2.45) is 5.10 Å². The summed E-state index contributed by atoms with van der Waals surface area (Å²) in [6.07, 6.45) is 0.815. The Kier molecular flexibility index (Phi) is 4.46. The topological polar surface area (TPSA) is 41.5 Å². The quantitative estimate of drug-likeness (QED) is 0.675. The van der Waals surface area contributed by atoms with Gasteiger partial charge in [-0.15, -0.1) is 11.6 Å². The maximum atomic E-state index is 11.4. The van der Waals surface area contributed by atoms with Crippen LogP contribution in [0.3, 0.4) is 0 Å². The van der Waals surface area contributed by atoms with E-state index in [0.29, 0.717) is 5.02 Å². The summed E-state index contributed by atoms with van der Waals surface area (Å²) in [4.78, 5) is 11.4. The van der Waals surface area contributed by atoms with Gasteiger partial charge in [0.1, 0.15) is 5.88 Å². The maximum Gasteiger partial charge on any atom is 0.254 e. The van der Waals surface area contributed by atoms with Gasteiger partial charge in [-0.1, -0.05) is 48.0 Å². The maximum absolute atomic E-state index is 11.4. The average Bonchev–Trinajstić information content (AvgIpc) is 2.91. The number of amides is 1. The molecule has 0 aromatic heterocycles. The van der Waals surface area contributed by atoms with Gasteiger partial charge in [-0.05, 0) is 29.7 Å². The van der Waals surface area contributed by atoms with Crippen LogP contribution in [0.5, 0.6) is 0 Å². The van der Waals surface area contributed by atoms with Crippen LogP contribution in [0, 0.1) is 0 Å². The van der Waals surface area contributed by atoms with E-state index in [-0.39, 0.29) is 17.7 Å². The number of benzene rings is 2. The molecule has 0 aliphatic heterocycles. The predicted octanol–water partition coefficient (Wildman–Crippen LogP) is 3.74. The lowest BCUT2D eigenvalue weighted by atomic mass is 9.95. The molecule has 0 radical (unpaired) electrons. The Bertz CT molecular complexity index is 729. The van der Waals surface area contributed by atoms with Crippen LogP contribution in [0.15, 0.2) is 53.6 Å². The molecule has 1 unspecified atom stereocenters. The Morgan fingerprint density at radius 2 is 2.00 bits per heavy atom. The molecule has 1 amide bonds. The van der Waals surface area contributed by atoms with Crippen molar-refractivity contribution in [1.82, 2.24) is 5.43 Å². The Morgan fingerprint density at radius 3 is 2.73 bits per heavy atom. The SMILES string of the molecule is O=C(CCl)N/N=C1/c2ccc(Cl)cc2CC1c1ccccc1. The fourth-order valence-corrected chi connectivity index (χ4v) is 2.99. The van der Waals surface area contributed by atoms with Gasteiger partial charge in [0.15, 0.2) is 0 Å². The molecule has 0 spiro atoms. The van der Waals surface area contributed by atoms with Crippen LogP contribution in [-0.4, -0.2) is 17.5 Å². The summed E-state index contributed by atoms with van der Waals surface area (Å²) in [5.41, 5.74) is 6.68. The van der Waals surface area contributed by atoms with E-state index in [2.05, 4.69) is 22.7 Å². The molecular weight excluding hydrogens is 319 g/mol. The van der Waals surface area contributed by atoms with Gasteiger partial charge in [0, 0.05) is 16.5 Å². The lowest BCUT2D eigenvalue weighted by molar-refractivity contribution is -0.118. The zero-order valence-corrected chi connectivity index (χ0v) is 13.2. The van der Waals surface area contributed by atoms with Gasteiger partial charge in [0.2, 0.25) is 0 Å². The van der Waals surface area contributed by atoms with E-state index in [0.717, 1.165) is 28.8 Å². The van der Waals surface area contributed by atoms with Gasteiger partial charge in [-0.25, -0.2) is 5.43 Å². The van der Waals surface area contributed by atoms with Crippen molar-refractivity contribution in [3.63, 3.8) is 0 Å². The van der Waals surface area contributed by atoms with Crippen LogP contribution >= 0.6 is 23.2 Å². The zero-order chi connectivity index (χ0) is 15.5. The number of carbonyl (C=O) groups excluding carboxylic acids is 1. The van der Waals surface area contributed by atoms with E-state index in [1.807, 2.05) is 36.4 Å². The number of alkyl halides is 1. The summed E-state index contributed by atoms with van der Waals surface area (Å²) in [6, 6.07) is 15.9. The van der Waals surface area contributed by atoms with Crippen LogP contribution in [0.25, 0.3) is 0 Å². The first-order chi connectivity index (χ1) is 10.7. The first-order valence-corrected chi connectivity index (χ1v) is 7.86. The predicted molar refractivity (Wildman–Crippen MR) is 89.7 cm³/mol. The molecule has 0 fully saturated rings. The Morgan fingerprint density at radius 1 is 1.23 bits per heavy atom. The third-order valence-electron chi connectivity index (χ3n) is 3.72. The second-order valence-electron chi connectivity index (χ2n) is 5.13. The van der Waals surface area contributed by atoms with E-state index >= 15 is 0 Å². The molecule has 2 aromatic rings. The molecule has 2 aromatic carbocycles. The zero-order valence-electron chi connectivity index (χ0n) is 11.7. The number of carbonyl (C=O) groups is 1. The molecule has 1 atom stereocenters. The Hall–Kier alpha value is -1.84. The van der Waals surface area contributed by atoms with Gasteiger partial charge < -0.3 is 0 Å². The normalized spacial score (nSPS) is 18.3. The highest BCUT2D eigenvalue weighted by molar-refractivity contribution is 6.31. The summed E-state index contributed by atoms with van der Waals surface area (Å²) < 4.78 is 0. The lowest BCUT2D eigenvalue weighted by Crippen LogP contribution is -2.22. The van der Waals surface area contributed by atoms with Crippen molar-refractivity contribution in [2.45, 2.75) is 12.3 Å². The molecule has 1 aliphatic carbocycles. The van der Waals surface area contributed by atoms with Crippen molar-refractivity contribution in [3.05, 3.63) is 70.2 Å². The van der Waals surface area contributed by atoms with Crippen LogP contribution in [0.4, 0.5) is 0 Å². The molecule has 0 bridgehead atoms. The standard InChI is InChI=1S/C17H14Cl2N2O/c18-10-16(22)20-21-17-14-7-6-13(19)8-12(14)9-15(17)11-4-2-1-3-5-11/h1-8,15H,9-10H2,(H,20,22)/b21-17-. The van der Waals surface area contributed by atoms with Crippen molar-refractivity contribution in [2.75, 3.05) is 5.88 Å². The summed E-state index contributed by atoms with van der Waals surface area (Å²) in [5.74, 6) is -0.325. The third kappa shape index (κ3) is 3.01. The summed E-state index contributed by atoms with van der Waals surface area (Å²) in [6.45, 7) is 0. The van der Waals surface area contributed by atoms with E-state index in [1.54, 1.807) is 0 Å². The molecule has 3 rings (SSSR count). The van der Waals surface area contributed by atoms with E-state index < -0.39 is 0 Å². The number of nitrogens with zero attached hydrogens (tertiary/aromatic N) is 1. The number of hydrogen-bond donors (Lipinski definition) is 1. The second kappa shape index (κ2) is 6.51. The van der Waals surface area contributed by atoms with Gasteiger partial charge in [0.25, 0.3) is 5.91 Å². The van der Waals surface area contributed by atoms with Crippen molar-refractivity contribution >= 4 is 34.8 Å². The number of fused-ring (bicyclic) bond motifs is 1. The van der Waals surface area contributed by atoms with E-state index in [1.165, 1.54) is 0 Å². The smallest absolute Gasteiger partial charge is 0.254 e. The average molecular weight is 333 g/mol. The van der Waals surface area contributed by atoms with Gasteiger partial charge in [-0.3, -0.25) is 4.79 Å². The van der Waals surface area contributed by atoms with Gasteiger partial charge in [-0.2, -0.15) is 5.10 Å². The highest BCUT2D eigenvalue weighted by Crippen LogP contribution is 2.35. The molecule has 0 saturated heterocycles. The summed E-state index contributed by atoms with van der Waals surface area (Å²) >= 11 is 11.6. The Balaban J connectivity index is 2.01. The number of nitrogens with one attached hydrogen (secondary N) is 1. The molecule has 1 aliphatic rings. The second-order valence-corrected chi connectivity index (χ2v) is 5.84. The molecule has 5 heteroatoms. The number of rotatable bonds is 3. The van der Waals surface area contributed by atoms with E-state index in [9.17, 15) is 4.79 Å². The first-order valence-electron chi connectivity index (χ1n) is 6.95. The third-order valence-corrected chi connectivity index (χ3v) is 4.20. The molecule has 0 heterocycles. The highest BCUT2D eigenvalue weighted by Gasteiger charge is 2.30. The van der Waals surface area contributed by atoms with Crippen LogP contribution < -0.4 is 5.43 Å². The van der Waals surface area contributed by atoms with Gasteiger partial charge >= 0.3 is 0 Å². The van der Waals surface area contributed by atoms with Crippen LogP contribution in [0.1, 0.15) is 22.6 Å². The number of hydrazone groups is 1. The van der Waals surface area contributed by atoms with Crippen molar-refractivity contribution in [1.29, 1.82) is 0 Å². The van der Waals surface area contributed by atoms with Crippen LogP contribution in [-0.2, 0) is 11.2 Å². The lowest BCUT2D eigenvalue weighted by Gasteiger charge is -2.12. The molecule has 0 saturated carbocycles. The van der Waals surface area contributed by atoms with Crippen molar-refractivity contribution < 1.29 is 4.79 Å². The summed E-state index contributed by atoms with van der Waals surface area (Å²) in [5, 5.41) is 5.02. The summed E-state index contributed by atoms with van der Waals surface area (Å²) in [7, 11) is 0. The fraction of sp³-hybridized carbons (Fsp3) is 0.176. The highest BCUT2D eigenvalue weighted by atomic mass is 35.5. The minimum Gasteiger partial charge on any atom is -0.272 e. The number of halogens is 2. The molecule has 3 nitrogen and oxygen atoms in total. The molecule has 22 heavy (non-hydrogen) atoms. The molecule has 1 N–H and O–H groups in total. The molecular formula is C17H14Cl2N2O. The monoisotopic (exact) mass is 332 g/mol. The van der Waals surface area contributed by atoms with Crippen LogP contribution in [0.2, 0.25) is 5.02 Å². The Labute approximate surface area is 138 Å². The minimum absolute atomic E-state index is 0.102. The first kappa shape index (κ1) is 15.1. The molecule has 112 valence electrons. The largest absolute Gasteiger partial charge is 0.272 e. The minimum atomic E-state index is -0.316. The van der Waals surface area contributed by atoms with E-state index in [4.69, 9.17) is 23.2 Å². The fourth-order valence-electron chi connectivity index (χ4n) is 2.74. The number of hydrogen-bond acceptors (Lipinski definition) is 2.